The molecule has 0 unspecified atom stereocenters. The number of halogens is 1. The van der Waals surface area contributed by atoms with Gasteiger partial charge in [-0.05, 0) is 12.1 Å². The second kappa shape index (κ2) is 5.55. The molecule has 0 aromatic carbocycles. The molecule has 1 heterocycles. The Morgan fingerprint density at radius 2 is 2.19 bits per heavy atom. The van der Waals surface area contributed by atoms with Crippen molar-refractivity contribution in [2.75, 3.05) is 11.1 Å². The first kappa shape index (κ1) is 13.3. The minimum Gasteiger partial charge on any atom is -0.310 e. The van der Waals surface area contributed by atoms with Crippen molar-refractivity contribution < 1.29 is 4.79 Å². The van der Waals surface area contributed by atoms with Gasteiger partial charge in [0.25, 0.3) is 0 Å². The van der Waals surface area contributed by atoms with Crippen LogP contribution in [0, 0.1) is 0 Å². The van der Waals surface area contributed by atoms with Crippen LogP contribution in [0.25, 0.3) is 0 Å². The van der Waals surface area contributed by atoms with Gasteiger partial charge in [0.15, 0.2) is 0 Å². The summed E-state index contributed by atoms with van der Waals surface area (Å²) in [6.07, 6.45) is 1.51. The summed E-state index contributed by atoms with van der Waals surface area (Å²) in [5.74, 6) is 0.909. The van der Waals surface area contributed by atoms with Crippen molar-refractivity contribution in [3.05, 3.63) is 23.4 Å². The Hall–Kier alpha value is -0.740. The fraction of sp³-hybridized carbons (Fsp3) is 0.455. The Morgan fingerprint density at radius 1 is 1.50 bits per heavy atom. The second-order valence-electron chi connectivity index (χ2n) is 4.31. The Labute approximate surface area is 105 Å². The fourth-order valence-corrected chi connectivity index (χ4v) is 1.66. The van der Waals surface area contributed by atoms with Crippen LogP contribution in [0.1, 0.15) is 20.8 Å². The minimum atomic E-state index is -0.0465. The van der Waals surface area contributed by atoms with E-state index in [0.29, 0.717) is 16.6 Å². The molecule has 0 saturated heterocycles. The maximum Gasteiger partial charge on any atom is 0.235 e. The van der Waals surface area contributed by atoms with Crippen LogP contribution in [0.4, 0.5) is 5.82 Å². The lowest BCUT2D eigenvalue weighted by Crippen LogP contribution is -2.19. The van der Waals surface area contributed by atoms with E-state index in [1.807, 2.05) is 0 Å². The van der Waals surface area contributed by atoms with E-state index in [-0.39, 0.29) is 10.7 Å². The third-order valence-corrected chi connectivity index (χ3v) is 3.13. The number of pyridine rings is 1. The molecule has 5 heteroatoms. The molecule has 1 aromatic rings. The monoisotopic (exact) mass is 258 g/mol. The van der Waals surface area contributed by atoms with Gasteiger partial charge in [0.1, 0.15) is 5.82 Å². The van der Waals surface area contributed by atoms with Crippen LogP contribution in [0.15, 0.2) is 18.3 Å². The molecular weight excluding hydrogens is 244 g/mol. The highest BCUT2D eigenvalue weighted by Gasteiger charge is 2.13. The molecule has 0 fully saturated rings. The van der Waals surface area contributed by atoms with E-state index < -0.39 is 0 Å². The molecule has 1 aromatic heterocycles. The lowest BCUT2D eigenvalue weighted by Gasteiger charge is -2.16. The summed E-state index contributed by atoms with van der Waals surface area (Å²) in [6.45, 7) is 6.22. The molecular formula is C11H15ClN2OS. The molecule has 0 atom stereocenters. The highest BCUT2D eigenvalue weighted by atomic mass is 35.5. The molecule has 16 heavy (non-hydrogen) atoms. The number of hydrogen-bond acceptors (Lipinski definition) is 3. The zero-order valence-electron chi connectivity index (χ0n) is 9.58. The molecule has 1 rings (SSSR count). The number of anilines is 1. The molecule has 3 nitrogen and oxygen atoms in total. The number of carbonyl (C=O) groups excluding carboxylic acids is 1. The second-order valence-corrected chi connectivity index (χ2v) is 6.55. The lowest BCUT2D eigenvalue weighted by molar-refractivity contribution is -0.113. The van der Waals surface area contributed by atoms with Gasteiger partial charge < -0.3 is 5.32 Å². The predicted octanol–water partition coefficient (Wildman–Crippen LogP) is 3.21. The molecule has 0 bridgehead atoms. The van der Waals surface area contributed by atoms with Crippen molar-refractivity contribution in [2.24, 2.45) is 0 Å². The van der Waals surface area contributed by atoms with Crippen LogP contribution in [0.3, 0.4) is 0 Å². The summed E-state index contributed by atoms with van der Waals surface area (Å²) >= 11 is 7.29. The number of hydrogen-bond donors (Lipinski definition) is 1. The molecule has 0 radical (unpaired) electrons. The van der Waals surface area contributed by atoms with Gasteiger partial charge in [-0.2, -0.15) is 0 Å². The van der Waals surface area contributed by atoms with E-state index in [1.54, 1.807) is 23.9 Å². The number of thioether (sulfide) groups is 1. The molecule has 0 aliphatic carbocycles. The number of carbonyl (C=O) groups is 1. The van der Waals surface area contributed by atoms with Crippen molar-refractivity contribution in [3.63, 3.8) is 0 Å². The van der Waals surface area contributed by atoms with Crippen LogP contribution in [-0.4, -0.2) is 21.4 Å². The number of nitrogens with zero attached hydrogens (tertiary/aromatic N) is 1. The van der Waals surface area contributed by atoms with Gasteiger partial charge in [-0.1, -0.05) is 32.4 Å². The van der Waals surface area contributed by atoms with Gasteiger partial charge in [0.2, 0.25) is 5.91 Å². The van der Waals surface area contributed by atoms with Crippen LogP contribution >= 0.6 is 23.4 Å². The van der Waals surface area contributed by atoms with Crippen molar-refractivity contribution in [1.29, 1.82) is 0 Å². The van der Waals surface area contributed by atoms with Crippen molar-refractivity contribution >= 4 is 35.1 Å². The van der Waals surface area contributed by atoms with Gasteiger partial charge >= 0.3 is 0 Å². The first-order valence-electron chi connectivity index (χ1n) is 4.92. The summed E-state index contributed by atoms with van der Waals surface area (Å²) < 4.78 is 0.0881. The zero-order valence-corrected chi connectivity index (χ0v) is 11.2. The first-order chi connectivity index (χ1) is 7.37. The van der Waals surface area contributed by atoms with Gasteiger partial charge in [-0.25, -0.2) is 4.98 Å². The highest BCUT2D eigenvalue weighted by Crippen LogP contribution is 2.22. The van der Waals surface area contributed by atoms with Crippen LogP contribution < -0.4 is 5.32 Å². The SMILES string of the molecule is CC(C)(C)SCC(=O)Nc1ccc(Cl)cn1. The molecule has 1 amide bonds. The minimum absolute atomic E-state index is 0.0465. The third kappa shape index (κ3) is 5.37. The van der Waals surface area contributed by atoms with Gasteiger partial charge in [-0.3, -0.25) is 4.79 Å². The topological polar surface area (TPSA) is 42.0 Å². The zero-order chi connectivity index (χ0) is 12.2. The smallest absolute Gasteiger partial charge is 0.235 e. The van der Waals surface area contributed by atoms with E-state index in [2.05, 4.69) is 31.1 Å². The van der Waals surface area contributed by atoms with E-state index in [4.69, 9.17) is 11.6 Å². The van der Waals surface area contributed by atoms with Gasteiger partial charge in [0, 0.05) is 10.9 Å². The largest absolute Gasteiger partial charge is 0.310 e. The molecule has 0 aliphatic rings. The number of amides is 1. The predicted molar refractivity (Wildman–Crippen MR) is 70.1 cm³/mol. The molecule has 0 saturated carbocycles. The van der Waals surface area contributed by atoms with Gasteiger partial charge in [0.05, 0.1) is 10.8 Å². The van der Waals surface area contributed by atoms with Crippen molar-refractivity contribution in [2.45, 2.75) is 25.5 Å². The summed E-state index contributed by atoms with van der Waals surface area (Å²) in [5.41, 5.74) is 0. The molecule has 1 N–H and O–H groups in total. The van der Waals surface area contributed by atoms with E-state index in [0.717, 1.165) is 0 Å². The molecule has 0 aliphatic heterocycles. The normalized spacial score (nSPS) is 11.2. The Kier molecular flexibility index (Phi) is 4.62. The number of rotatable bonds is 3. The van der Waals surface area contributed by atoms with Gasteiger partial charge in [-0.15, -0.1) is 11.8 Å². The summed E-state index contributed by atoms with van der Waals surface area (Å²) in [5, 5.41) is 3.27. The maximum atomic E-state index is 11.5. The van der Waals surface area contributed by atoms with Crippen LogP contribution in [0.2, 0.25) is 5.02 Å². The number of aromatic nitrogens is 1. The van der Waals surface area contributed by atoms with Crippen LogP contribution in [-0.2, 0) is 4.79 Å². The fourth-order valence-electron chi connectivity index (χ4n) is 0.911. The summed E-state index contributed by atoms with van der Waals surface area (Å²) in [4.78, 5) is 15.5. The first-order valence-corrected chi connectivity index (χ1v) is 6.28. The van der Waals surface area contributed by atoms with Crippen molar-refractivity contribution in [3.8, 4) is 0 Å². The lowest BCUT2D eigenvalue weighted by atomic mass is 10.3. The van der Waals surface area contributed by atoms with E-state index in [9.17, 15) is 4.79 Å². The van der Waals surface area contributed by atoms with Crippen LogP contribution in [0.5, 0.6) is 0 Å². The van der Waals surface area contributed by atoms with E-state index in [1.165, 1.54) is 6.20 Å². The summed E-state index contributed by atoms with van der Waals surface area (Å²) in [6, 6.07) is 3.38. The van der Waals surface area contributed by atoms with Crippen molar-refractivity contribution in [1.82, 2.24) is 4.98 Å². The Morgan fingerprint density at radius 3 is 2.69 bits per heavy atom. The quantitative estimate of drug-likeness (QED) is 0.905. The molecule has 88 valence electrons. The maximum absolute atomic E-state index is 11.5. The Bertz CT molecular complexity index is 359. The third-order valence-electron chi connectivity index (χ3n) is 1.63. The summed E-state index contributed by atoms with van der Waals surface area (Å²) in [7, 11) is 0. The highest BCUT2D eigenvalue weighted by molar-refractivity contribution is 8.01. The number of nitrogens with one attached hydrogen (secondary N) is 1. The average molecular weight is 259 g/mol. The average Bonchev–Trinajstić information content (AvgIpc) is 2.18. The molecule has 0 spiro atoms. The standard InChI is InChI=1S/C11H15ClN2OS/c1-11(2,3)16-7-10(15)14-9-5-4-8(12)6-13-9/h4-6H,7H2,1-3H3,(H,13,14,15). The van der Waals surface area contributed by atoms with E-state index >= 15 is 0 Å². The Balaban J connectivity index is 2.43.